The topological polar surface area (TPSA) is 67.4 Å². The molecule has 26 heavy (non-hydrogen) atoms. The number of thiocarbonyl (C=S) groups is 1. The standard InChI is InChI=1S/C20H16N2O3S/c1-25-19(24)15-9-4-8-14(12-15)18(23)22-20(26)21-17-11-5-7-13-6-2-3-10-16(13)17/h2-12H,1H3,(H2,21,22,23,26). The van der Waals surface area contributed by atoms with Gasteiger partial charge in [0.05, 0.1) is 12.7 Å². The number of carbonyl (C=O) groups is 2. The molecule has 0 fully saturated rings. The monoisotopic (exact) mass is 364 g/mol. The number of fused-ring (bicyclic) bond motifs is 1. The average molecular weight is 364 g/mol. The van der Waals surface area contributed by atoms with E-state index in [0.717, 1.165) is 16.5 Å². The van der Waals surface area contributed by atoms with Gasteiger partial charge >= 0.3 is 5.97 Å². The second-order valence-corrected chi connectivity index (χ2v) is 5.92. The number of methoxy groups -OCH3 is 1. The van der Waals surface area contributed by atoms with E-state index in [4.69, 9.17) is 12.2 Å². The first kappa shape index (κ1) is 17.6. The summed E-state index contributed by atoms with van der Waals surface area (Å²) in [5, 5.41) is 7.91. The van der Waals surface area contributed by atoms with Gasteiger partial charge in [-0.15, -0.1) is 0 Å². The molecule has 0 aromatic heterocycles. The van der Waals surface area contributed by atoms with Crippen LogP contribution in [0.3, 0.4) is 0 Å². The number of amides is 1. The second kappa shape index (κ2) is 7.76. The Morgan fingerprint density at radius 2 is 1.62 bits per heavy atom. The Bertz CT molecular complexity index is 996. The van der Waals surface area contributed by atoms with Gasteiger partial charge in [0.2, 0.25) is 0 Å². The predicted octanol–water partition coefficient (Wildman–Crippen LogP) is 3.75. The molecule has 2 N–H and O–H groups in total. The van der Waals surface area contributed by atoms with Crippen LogP contribution in [-0.2, 0) is 4.74 Å². The predicted molar refractivity (Wildman–Crippen MR) is 105 cm³/mol. The van der Waals surface area contributed by atoms with Crippen LogP contribution in [0.15, 0.2) is 66.7 Å². The third kappa shape index (κ3) is 3.87. The van der Waals surface area contributed by atoms with Crippen LogP contribution in [0.2, 0.25) is 0 Å². The van der Waals surface area contributed by atoms with Gasteiger partial charge in [0.1, 0.15) is 0 Å². The lowest BCUT2D eigenvalue weighted by Gasteiger charge is -2.12. The van der Waals surface area contributed by atoms with Gasteiger partial charge in [0, 0.05) is 16.6 Å². The maximum atomic E-state index is 12.4. The number of carbonyl (C=O) groups excluding carboxylic acids is 2. The van der Waals surface area contributed by atoms with E-state index in [-0.39, 0.29) is 5.11 Å². The minimum Gasteiger partial charge on any atom is -0.465 e. The number of hydrogen-bond acceptors (Lipinski definition) is 4. The smallest absolute Gasteiger partial charge is 0.337 e. The lowest BCUT2D eigenvalue weighted by molar-refractivity contribution is 0.0600. The van der Waals surface area contributed by atoms with Crippen LogP contribution in [0, 0.1) is 0 Å². The molecule has 0 aliphatic carbocycles. The Hall–Kier alpha value is -3.25. The highest BCUT2D eigenvalue weighted by Gasteiger charge is 2.12. The van der Waals surface area contributed by atoms with E-state index in [1.807, 2.05) is 42.5 Å². The Kier molecular flexibility index (Phi) is 5.24. The lowest BCUT2D eigenvalue weighted by atomic mass is 10.1. The maximum absolute atomic E-state index is 12.4. The number of benzene rings is 3. The average Bonchev–Trinajstić information content (AvgIpc) is 2.67. The molecule has 0 bridgehead atoms. The van der Waals surface area contributed by atoms with E-state index in [0.29, 0.717) is 11.1 Å². The summed E-state index contributed by atoms with van der Waals surface area (Å²) in [5.41, 5.74) is 1.42. The molecule has 3 rings (SSSR count). The van der Waals surface area contributed by atoms with Crippen molar-refractivity contribution in [1.82, 2.24) is 5.32 Å². The van der Waals surface area contributed by atoms with E-state index in [1.165, 1.54) is 13.2 Å². The molecule has 130 valence electrons. The van der Waals surface area contributed by atoms with Gasteiger partial charge in [-0.25, -0.2) is 4.79 Å². The largest absolute Gasteiger partial charge is 0.465 e. The maximum Gasteiger partial charge on any atom is 0.337 e. The zero-order chi connectivity index (χ0) is 18.5. The zero-order valence-corrected chi connectivity index (χ0v) is 14.8. The van der Waals surface area contributed by atoms with Crippen LogP contribution in [0.25, 0.3) is 10.8 Å². The number of ether oxygens (including phenoxy) is 1. The highest BCUT2D eigenvalue weighted by molar-refractivity contribution is 7.80. The first-order valence-corrected chi connectivity index (χ1v) is 8.28. The van der Waals surface area contributed by atoms with Crippen molar-refractivity contribution >= 4 is 45.7 Å². The number of esters is 1. The molecular formula is C20H16N2O3S. The molecule has 0 aliphatic heterocycles. The third-order valence-electron chi connectivity index (χ3n) is 3.81. The summed E-state index contributed by atoms with van der Waals surface area (Å²) in [5.74, 6) is -0.912. The van der Waals surface area contributed by atoms with Crippen molar-refractivity contribution in [2.75, 3.05) is 12.4 Å². The molecule has 0 atom stereocenters. The van der Waals surface area contributed by atoms with Crippen LogP contribution in [-0.4, -0.2) is 24.1 Å². The molecule has 0 aliphatic rings. The van der Waals surface area contributed by atoms with E-state index < -0.39 is 11.9 Å². The summed E-state index contributed by atoms with van der Waals surface area (Å²) in [6.45, 7) is 0. The summed E-state index contributed by atoms with van der Waals surface area (Å²) in [7, 11) is 1.29. The fourth-order valence-electron chi connectivity index (χ4n) is 2.57. The van der Waals surface area contributed by atoms with Gasteiger partial charge in [0.15, 0.2) is 5.11 Å². The number of rotatable bonds is 3. The molecular weight excluding hydrogens is 348 g/mol. The van der Waals surface area contributed by atoms with Crippen molar-refractivity contribution in [2.24, 2.45) is 0 Å². The highest BCUT2D eigenvalue weighted by atomic mass is 32.1. The Balaban J connectivity index is 1.74. The van der Waals surface area contributed by atoms with E-state index in [1.54, 1.807) is 18.2 Å². The summed E-state index contributed by atoms with van der Waals surface area (Å²) in [4.78, 5) is 24.0. The number of hydrogen-bond donors (Lipinski definition) is 2. The van der Waals surface area contributed by atoms with Crippen molar-refractivity contribution < 1.29 is 14.3 Å². The molecule has 0 saturated carbocycles. The normalized spacial score (nSPS) is 10.2. The fourth-order valence-corrected chi connectivity index (χ4v) is 2.77. The summed E-state index contributed by atoms with van der Waals surface area (Å²) in [6, 6.07) is 19.9. The zero-order valence-electron chi connectivity index (χ0n) is 14.0. The van der Waals surface area contributed by atoms with Crippen molar-refractivity contribution in [3.8, 4) is 0 Å². The van der Waals surface area contributed by atoms with Crippen LogP contribution >= 0.6 is 12.2 Å². The summed E-state index contributed by atoms with van der Waals surface area (Å²) >= 11 is 5.25. The Labute approximate surface area is 156 Å². The van der Waals surface area contributed by atoms with Crippen molar-refractivity contribution in [3.63, 3.8) is 0 Å². The van der Waals surface area contributed by atoms with Crippen molar-refractivity contribution in [3.05, 3.63) is 77.9 Å². The van der Waals surface area contributed by atoms with Crippen LogP contribution < -0.4 is 10.6 Å². The van der Waals surface area contributed by atoms with Crippen LogP contribution in [0.4, 0.5) is 5.69 Å². The SMILES string of the molecule is COC(=O)c1cccc(C(=O)NC(=S)Nc2cccc3ccccc23)c1. The van der Waals surface area contributed by atoms with E-state index in [2.05, 4.69) is 15.4 Å². The molecule has 0 heterocycles. The summed E-state index contributed by atoms with van der Waals surface area (Å²) in [6.07, 6.45) is 0. The van der Waals surface area contributed by atoms with Gasteiger partial charge in [0.25, 0.3) is 5.91 Å². The van der Waals surface area contributed by atoms with Gasteiger partial charge in [-0.3, -0.25) is 10.1 Å². The van der Waals surface area contributed by atoms with Gasteiger partial charge < -0.3 is 10.1 Å². The molecule has 3 aromatic carbocycles. The van der Waals surface area contributed by atoms with E-state index in [9.17, 15) is 9.59 Å². The van der Waals surface area contributed by atoms with Crippen LogP contribution in [0.1, 0.15) is 20.7 Å². The Morgan fingerprint density at radius 3 is 2.42 bits per heavy atom. The van der Waals surface area contributed by atoms with Crippen LogP contribution in [0.5, 0.6) is 0 Å². The molecule has 3 aromatic rings. The number of anilines is 1. The van der Waals surface area contributed by atoms with Crippen molar-refractivity contribution in [1.29, 1.82) is 0 Å². The molecule has 0 spiro atoms. The number of nitrogens with one attached hydrogen (secondary N) is 2. The minimum atomic E-state index is -0.504. The first-order valence-electron chi connectivity index (χ1n) is 7.87. The molecule has 1 amide bonds. The highest BCUT2D eigenvalue weighted by Crippen LogP contribution is 2.22. The molecule has 0 saturated heterocycles. The van der Waals surface area contributed by atoms with Gasteiger partial charge in [-0.1, -0.05) is 42.5 Å². The van der Waals surface area contributed by atoms with Crippen molar-refractivity contribution in [2.45, 2.75) is 0 Å². The third-order valence-corrected chi connectivity index (χ3v) is 4.01. The summed E-state index contributed by atoms with van der Waals surface area (Å²) < 4.78 is 4.66. The van der Waals surface area contributed by atoms with Gasteiger partial charge in [-0.05, 0) is 41.9 Å². The minimum absolute atomic E-state index is 0.176. The van der Waals surface area contributed by atoms with E-state index >= 15 is 0 Å². The Morgan fingerprint density at radius 1 is 0.923 bits per heavy atom. The first-order chi connectivity index (χ1) is 12.6. The molecule has 6 heteroatoms. The molecule has 5 nitrogen and oxygen atoms in total. The fraction of sp³-hybridized carbons (Fsp3) is 0.0500. The quantitative estimate of drug-likeness (QED) is 0.547. The molecule has 0 radical (unpaired) electrons. The molecule has 0 unspecified atom stereocenters. The second-order valence-electron chi connectivity index (χ2n) is 5.51. The lowest BCUT2D eigenvalue weighted by Crippen LogP contribution is -2.34. The van der Waals surface area contributed by atoms with Gasteiger partial charge in [-0.2, -0.15) is 0 Å².